The summed E-state index contributed by atoms with van der Waals surface area (Å²) in [4.78, 5) is 38.8. The zero-order valence-corrected chi connectivity index (χ0v) is 18.7. The first-order valence-electron chi connectivity index (χ1n) is 10.1. The standard InChI is InChI=1S/C23H26BrN3O3/c1-3-15(2)22(29)26-18-8-6-7-16(11-18)13-25-23(30)17-12-21(28)27(14-17)20-10-5-4-9-19(20)24/h4-11,15,17H,3,12-14H2,1-2H3,(H,25,30)(H,26,29). The van der Waals surface area contributed by atoms with Gasteiger partial charge >= 0.3 is 0 Å². The molecule has 0 saturated carbocycles. The second-order valence-corrected chi connectivity index (χ2v) is 8.43. The fourth-order valence-corrected chi connectivity index (χ4v) is 3.83. The summed E-state index contributed by atoms with van der Waals surface area (Å²) in [6.07, 6.45) is 0.969. The van der Waals surface area contributed by atoms with Crippen LogP contribution in [0.5, 0.6) is 0 Å². The maximum atomic E-state index is 12.6. The SMILES string of the molecule is CCC(C)C(=O)Nc1cccc(CNC(=O)C2CC(=O)N(c3ccccc3Br)C2)c1. The van der Waals surface area contributed by atoms with Crippen molar-refractivity contribution in [3.05, 3.63) is 58.6 Å². The van der Waals surface area contributed by atoms with Crippen LogP contribution in [-0.4, -0.2) is 24.3 Å². The zero-order valence-electron chi connectivity index (χ0n) is 17.2. The Morgan fingerprint density at radius 1 is 1.20 bits per heavy atom. The summed E-state index contributed by atoms with van der Waals surface area (Å²) >= 11 is 3.46. The molecule has 2 atom stereocenters. The molecule has 0 aliphatic carbocycles. The number of anilines is 2. The Labute approximate surface area is 185 Å². The van der Waals surface area contributed by atoms with E-state index < -0.39 is 5.92 Å². The summed E-state index contributed by atoms with van der Waals surface area (Å²) in [5.74, 6) is -0.669. The number of rotatable bonds is 7. The summed E-state index contributed by atoms with van der Waals surface area (Å²) in [5, 5.41) is 5.82. The fourth-order valence-electron chi connectivity index (χ4n) is 3.33. The Bertz CT molecular complexity index is 947. The van der Waals surface area contributed by atoms with E-state index in [0.29, 0.717) is 18.8 Å². The Balaban J connectivity index is 1.57. The van der Waals surface area contributed by atoms with Crippen molar-refractivity contribution in [2.24, 2.45) is 11.8 Å². The highest BCUT2D eigenvalue weighted by atomic mass is 79.9. The number of para-hydroxylation sites is 1. The second kappa shape index (κ2) is 9.89. The van der Waals surface area contributed by atoms with E-state index in [1.54, 1.807) is 4.90 Å². The minimum atomic E-state index is -0.391. The smallest absolute Gasteiger partial charge is 0.227 e. The lowest BCUT2D eigenvalue weighted by atomic mass is 10.1. The van der Waals surface area contributed by atoms with E-state index in [-0.39, 0.29) is 30.1 Å². The molecule has 6 nitrogen and oxygen atoms in total. The molecule has 30 heavy (non-hydrogen) atoms. The Morgan fingerprint density at radius 2 is 1.97 bits per heavy atom. The highest BCUT2D eigenvalue weighted by molar-refractivity contribution is 9.10. The maximum absolute atomic E-state index is 12.6. The highest BCUT2D eigenvalue weighted by Crippen LogP contribution is 2.31. The quantitative estimate of drug-likeness (QED) is 0.637. The van der Waals surface area contributed by atoms with Gasteiger partial charge in [0.1, 0.15) is 0 Å². The fraction of sp³-hybridized carbons (Fsp3) is 0.348. The van der Waals surface area contributed by atoms with Crippen LogP contribution in [0.3, 0.4) is 0 Å². The van der Waals surface area contributed by atoms with Crippen LogP contribution in [-0.2, 0) is 20.9 Å². The van der Waals surface area contributed by atoms with Gasteiger partial charge in [-0.3, -0.25) is 14.4 Å². The molecule has 0 bridgehead atoms. The highest BCUT2D eigenvalue weighted by Gasteiger charge is 2.35. The first-order chi connectivity index (χ1) is 14.4. The van der Waals surface area contributed by atoms with Crippen molar-refractivity contribution in [2.75, 3.05) is 16.8 Å². The third-order valence-corrected chi connectivity index (χ3v) is 6.03. The lowest BCUT2D eigenvalue weighted by molar-refractivity contribution is -0.126. The van der Waals surface area contributed by atoms with E-state index in [1.165, 1.54) is 0 Å². The molecule has 2 N–H and O–H groups in total. The Kier molecular flexibility index (Phi) is 7.26. The second-order valence-electron chi connectivity index (χ2n) is 7.57. The number of nitrogens with one attached hydrogen (secondary N) is 2. The molecule has 158 valence electrons. The van der Waals surface area contributed by atoms with Crippen LogP contribution in [0.15, 0.2) is 53.0 Å². The van der Waals surface area contributed by atoms with Gasteiger partial charge in [0.25, 0.3) is 0 Å². The van der Waals surface area contributed by atoms with E-state index in [9.17, 15) is 14.4 Å². The number of hydrogen-bond donors (Lipinski definition) is 2. The average molecular weight is 472 g/mol. The summed E-state index contributed by atoms with van der Waals surface area (Å²) in [5.41, 5.74) is 2.38. The molecule has 2 aromatic carbocycles. The molecule has 0 spiro atoms. The minimum absolute atomic E-state index is 0.0182. The molecule has 3 amide bonds. The molecule has 7 heteroatoms. The van der Waals surface area contributed by atoms with Gasteiger partial charge in [0.15, 0.2) is 0 Å². The monoisotopic (exact) mass is 471 g/mol. The van der Waals surface area contributed by atoms with Crippen LogP contribution >= 0.6 is 15.9 Å². The first kappa shape index (κ1) is 22.0. The lowest BCUT2D eigenvalue weighted by Gasteiger charge is -2.18. The van der Waals surface area contributed by atoms with Gasteiger partial charge in [0.2, 0.25) is 17.7 Å². The van der Waals surface area contributed by atoms with Crippen LogP contribution in [0.1, 0.15) is 32.3 Å². The van der Waals surface area contributed by atoms with Crippen molar-refractivity contribution in [3.63, 3.8) is 0 Å². The van der Waals surface area contributed by atoms with E-state index in [2.05, 4.69) is 26.6 Å². The number of benzene rings is 2. The van der Waals surface area contributed by atoms with Gasteiger partial charge in [-0.2, -0.15) is 0 Å². The number of carbonyl (C=O) groups excluding carboxylic acids is 3. The van der Waals surface area contributed by atoms with Crippen molar-refractivity contribution in [3.8, 4) is 0 Å². The molecule has 3 rings (SSSR count). The number of halogens is 1. The average Bonchev–Trinajstić information content (AvgIpc) is 3.13. The maximum Gasteiger partial charge on any atom is 0.227 e. The molecule has 1 heterocycles. The third kappa shape index (κ3) is 5.27. The molecular weight excluding hydrogens is 446 g/mol. The van der Waals surface area contributed by atoms with Gasteiger partial charge in [-0.25, -0.2) is 0 Å². The predicted octanol–water partition coefficient (Wildman–Crippen LogP) is 4.10. The molecule has 1 saturated heterocycles. The molecule has 2 aromatic rings. The number of nitrogens with zero attached hydrogens (tertiary/aromatic N) is 1. The van der Waals surface area contributed by atoms with Crippen LogP contribution in [0.25, 0.3) is 0 Å². The van der Waals surface area contributed by atoms with Gasteiger partial charge in [-0.1, -0.05) is 38.1 Å². The normalized spacial score (nSPS) is 17.0. The zero-order chi connectivity index (χ0) is 21.7. The van der Waals surface area contributed by atoms with Gasteiger partial charge in [-0.15, -0.1) is 0 Å². The minimum Gasteiger partial charge on any atom is -0.352 e. The van der Waals surface area contributed by atoms with Crippen LogP contribution in [0.4, 0.5) is 11.4 Å². The Hall–Kier alpha value is -2.67. The van der Waals surface area contributed by atoms with Crippen LogP contribution < -0.4 is 15.5 Å². The first-order valence-corrected chi connectivity index (χ1v) is 10.9. The molecule has 0 aromatic heterocycles. The van der Waals surface area contributed by atoms with Crippen LogP contribution in [0, 0.1) is 11.8 Å². The lowest BCUT2D eigenvalue weighted by Crippen LogP contribution is -2.32. The van der Waals surface area contributed by atoms with E-state index >= 15 is 0 Å². The van der Waals surface area contributed by atoms with E-state index in [1.807, 2.05) is 62.4 Å². The van der Waals surface area contributed by atoms with Crippen molar-refractivity contribution in [1.82, 2.24) is 5.32 Å². The van der Waals surface area contributed by atoms with Gasteiger partial charge in [0, 0.05) is 35.6 Å². The Morgan fingerprint density at radius 3 is 2.70 bits per heavy atom. The molecule has 0 radical (unpaired) electrons. The summed E-state index contributed by atoms with van der Waals surface area (Å²) in [6.45, 7) is 4.56. The number of amides is 3. The summed E-state index contributed by atoms with van der Waals surface area (Å²) in [6, 6.07) is 14.9. The third-order valence-electron chi connectivity index (χ3n) is 5.36. The van der Waals surface area contributed by atoms with Gasteiger partial charge in [0.05, 0.1) is 11.6 Å². The number of hydrogen-bond acceptors (Lipinski definition) is 3. The van der Waals surface area contributed by atoms with Crippen LogP contribution in [0.2, 0.25) is 0 Å². The van der Waals surface area contributed by atoms with Crippen molar-refractivity contribution < 1.29 is 14.4 Å². The van der Waals surface area contributed by atoms with Crippen molar-refractivity contribution >= 4 is 45.0 Å². The molecule has 1 aliphatic heterocycles. The molecule has 2 unspecified atom stereocenters. The molecule has 1 aliphatic rings. The van der Waals surface area contributed by atoms with Gasteiger partial charge < -0.3 is 15.5 Å². The van der Waals surface area contributed by atoms with Crippen molar-refractivity contribution in [1.29, 1.82) is 0 Å². The predicted molar refractivity (Wildman–Crippen MR) is 121 cm³/mol. The van der Waals surface area contributed by atoms with E-state index in [0.717, 1.165) is 22.1 Å². The summed E-state index contributed by atoms with van der Waals surface area (Å²) in [7, 11) is 0. The molecular formula is C23H26BrN3O3. The molecule has 1 fully saturated rings. The van der Waals surface area contributed by atoms with E-state index in [4.69, 9.17) is 0 Å². The number of carbonyl (C=O) groups is 3. The van der Waals surface area contributed by atoms with Gasteiger partial charge in [-0.05, 0) is 52.2 Å². The largest absolute Gasteiger partial charge is 0.352 e. The summed E-state index contributed by atoms with van der Waals surface area (Å²) < 4.78 is 0.829. The topological polar surface area (TPSA) is 78.5 Å². The van der Waals surface area contributed by atoms with Crippen molar-refractivity contribution in [2.45, 2.75) is 33.2 Å².